The fourth-order valence-electron chi connectivity index (χ4n) is 4.31. The third-order valence-corrected chi connectivity index (χ3v) is 6.05. The minimum Gasteiger partial charge on any atom is -0.462 e. The highest BCUT2D eigenvalue weighted by Crippen LogP contribution is 2.33. The van der Waals surface area contributed by atoms with Crippen molar-refractivity contribution >= 4 is 17.3 Å². The molecule has 0 unspecified atom stereocenters. The number of ketones is 2. The van der Waals surface area contributed by atoms with Crippen LogP contribution in [0.4, 0.5) is 5.69 Å². The van der Waals surface area contributed by atoms with Gasteiger partial charge in [0.25, 0.3) is 0 Å². The molecule has 3 aromatic rings. The number of anilines is 1. The molecule has 0 amide bonds. The number of hydrogen-bond donors (Lipinski definition) is 0. The first-order valence-corrected chi connectivity index (χ1v) is 10.7. The van der Waals surface area contributed by atoms with Crippen molar-refractivity contribution in [3.63, 3.8) is 0 Å². The Labute approximate surface area is 180 Å². The van der Waals surface area contributed by atoms with Crippen LogP contribution in [0.15, 0.2) is 47.3 Å². The largest absolute Gasteiger partial charge is 0.462 e. The van der Waals surface area contributed by atoms with Crippen molar-refractivity contribution < 1.29 is 14.0 Å². The van der Waals surface area contributed by atoms with Crippen molar-refractivity contribution in [3.8, 4) is 11.5 Å². The van der Waals surface area contributed by atoms with Crippen LogP contribution in [0, 0.1) is 0 Å². The fraction of sp³-hybridized carbons (Fsp3) is 0.333. The molecule has 1 aliphatic heterocycles. The zero-order chi connectivity index (χ0) is 21.4. The number of fused-ring (bicyclic) bond motifs is 3. The third kappa shape index (κ3) is 3.77. The zero-order valence-corrected chi connectivity index (χ0v) is 17.5. The van der Waals surface area contributed by atoms with E-state index < -0.39 is 0 Å². The summed E-state index contributed by atoms with van der Waals surface area (Å²) in [6.07, 6.45) is 6.09. The van der Waals surface area contributed by atoms with Gasteiger partial charge in [0, 0.05) is 51.8 Å². The monoisotopic (exact) mass is 416 g/mol. The Bertz CT molecular complexity index is 1130. The lowest BCUT2D eigenvalue weighted by atomic mass is 9.93. The van der Waals surface area contributed by atoms with Crippen LogP contribution >= 0.6 is 0 Å². The van der Waals surface area contributed by atoms with E-state index in [0.717, 1.165) is 55.2 Å². The molecule has 7 heteroatoms. The van der Waals surface area contributed by atoms with Gasteiger partial charge in [-0.1, -0.05) is 13.0 Å². The van der Waals surface area contributed by atoms with Crippen molar-refractivity contribution in [2.75, 3.05) is 31.1 Å². The summed E-state index contributed by atoms with van der Waals surface area (Å²) in [5, 5.41) is 0. The van der Waals surface area contributed by atoms with E-state index in [9.17, 15) is 9.59 Å². The number of hydrogen-bond acceptors (Lipinski definition) is 7. The number of aromatic nitrogens is 2. The maximum Gasteiger partial charge on any atom is 0.180 e. The molecule has 0 spiro atoms. The van der Waals surface area contributed by atoms with E-state index in [-0.39, 0.29) is 11.6 Å². The van der Waals surface area contributed by atoms with Gasteiger partial charge in [-0.05, 0) is 29.3 Å². The lowest BCUT2D eigenvalue weighted by molar-refractivity contribution is 0.0978. The highest BCUT2D eigenvalue weighted by molar-refractivity contribution is 6.05. The molecule has 0 radical (unpaired) electrons. The minimum atomic E-state index is 0.0694. The van der Waals surface area contributed by atoms with Gasteiger partial charge in [0.1, 0.15) is 11.4 Å². The second-order valence-corrected chi connectivity index (χ2v) is 8.06. The SMILES string of the molecule is CCC(=O)c1ccc(N2CCN(Cc3cnc4c(c3)CC(=O)c3ccoc3-4)CC2)cn1. The highest BCUT2D eigenvalue weighted by Gasteiger charge is 2.27. The van der Waals surface area contributed by atoms with Gasteiger partial charge in [0.15, 0.2) is 17.3 Å². The Morgan fingerprint density at radius 3 is 2.68 bits per heavy atom. The summed E-state index contributed by atoms with van der Waals surface area (Å²) in [4.78, 5) is 37.7. The summed E-state index contributed by atoms with van der Waals surface area (Å²) in [5.41, 5.74) is 5.05. The van der Waals surface area contributed by atoms with Gasteiger partial charge < -0.3 is 9.32 Å². The molecule has 0 N–H and O–H groups in total. The van der Waals surface area contributed by atoms with E-state index in [1.807, 2.05) is 25.3 Å². The molecule has 4 heterocycles. The third-order valence-electron chi connectivity index (χ3n) is 6.05. The molecule has 158 valence electrons. The molecule has 1 aliphatic carbocycles. The molecule has 5 rings (SSSR count). The molecule has 2 aliphatic rings. The van der Waals surface area contributed by atoms with E-state index >= 15 is 0 Å². The molecule has 1 fully saturated rings. The number of Topliss-reactive ketones (excluding diaryl/α,β-unsaturated/α-hetero) is 2. The Morgan fingerprint density at radius 1 is 1.10 bits per heavy atom. The van der Waals surface area contributed by atoms with Gasteiger partial charge in [-0.3, -0.25) is 24.5 Å². The predicted molar refractivity (Wildman–Crippen MR) is 116 cm³/mol. The molecule has 0 saturated carbocycles. The first kappa shape index (κ1) is 19.6. The van der Waals surface area contributed by atoms with Crippen LogP contribution in [0.3, 0.4) is 0 Å². The Kier molecular flexibility index (Phi) is 5.11. The summed E-state index contributed by atoms with van der Waals surface area (Å²) >= 11 is 0. The molecule has 1 saturated heterocycles. The molecule has 7 nitrogen and oxygen atoms in total. The van der Waals surface area contributed by atoms with E-state index in [1.165, 1.54) is 0 Å². The maximum atomic E-state index is 12.3. The number of piperazine rings is 1. The van der Waals surface area contributed by atoms with Crippen molar-refractivity contribution in [3.05, 3.63) is 65.3 Å². The van der Waals surface area contributed by atoms with Crippen molar-refractivity contribution in [2.24, 2.45) is 0 Å². The van der Waals surface area contributed by atoms with Crippen LogP contribution in [0.1, 0.15) is 45.3 Å². The number of rotatable bonds is 5. The molecular weight excluding hydrogens is 392 g/mol. The first-order valence-electron chi connectivity index (χ1n) is 10.7. The Hall–Kier alpha value is -3.32. The van der Waals surface area contributed by atoms with Crippen LogP contribution in [0.5, 0.6) is 0 Å². The average Bonchev–Trinajstić information content (AvgIpc) is 3.30. The summed E-state index contributed by atoms with van der Waals surface area (Å²) in [6, 6.07) is 7.61. The van der Waals surface area contributed by atoms with Crippen molar-refractivity contribution in [2.45, 2.75) is 26.3 Å². The molecule has 31 heavy (non-hydrogen) atoms. The maximum absolute atomic E-state index is 12.3. The van der Waals surface area contributed by atoms with Crippen LogP contribution in [-0.4, -0.2) is 52.6 Å². The lowest BCUT2D eigenvalue weighted by Crippen LogP contribution is -2.46. The van der Waals surface area contributed by atoms with E-state index in [2.05, 4.69) is 25.8 Å². The fourth-order valence-corrected chi connectivity index (χ4v) is 4.31. The van der Waals surface area contributed by atoms with Gasteiger partial charge in [0.2, 0.25) is 0 Å². The minimum absolute atomic E-state index is 0.0694. The summed E-state index contributed by atoms with van der Waals surface area (Å²) in [6.45, 7) is 6.30. The number of nitrogens with zero attached hydrogens (tertiary/aromatic N) is 4. The van der Waals surface area contributed by atoms with Crippen LogP contribution in [-0.2, 0) is 13.0 Å². The zero-order valence-electron chi connectivity index (χ0n) is 17.5. The second-order valence-electron chi connectivity index (χ2n) is 8.06. The normalized spacial score (nSPS) is 16.2. The van der Waals surface area contributed by atoms with Gasteiger partial charge in [-0.2, -0.15) is 0 Å². The van der Waals surface area contributed by atoms with Gasteiger partial charge in [0.05, 0.1) is 23.7 Å². The number of furan rings is 1. The lowest BCUT2D eigenvalue weighted by Gasteiger charge is -2.36. The highest BCUT2D eigenvalue weighted by atomic mass is 16.3. The van der Waals surface area contributed by atoms with E-state index in [0.29, 0.717) is 29.9 Å². The smallest absolute Gasteiger partial charge is 0.180 e. The van der Waals surface area contributed by atoms with E-state index in [4.69, 9.17) is 4.42 Å². The Balaban J connectivity index is 1.22. The molecular formula is C24H24N4O3. The average molecular weight is 416 g/mol. The number of carbonyl (C=O) groups is 2. The standard InChI is InChI=1S/C24H24N4O3/c1-2-21(29)20-4-3-18(14-25-20)28-8-6-27(7-9-28)15-16-11-17-12-22(30)19-5-10-31-24(19)23(17)26-13-16/h3-5,10-11,13-14H,2,6-9,12,15H2,1H3. The second kappa shape index (κ2) is 8.07. The molecule has 0 aromatic carbocycles. The summed E-state index contributed by atoms with van der Waals surface area (Å²) < 4.78 is 5.50. The molecule has 0 atom stereocenters. The summed E-state index contributed by atoms with van der Waals surface area (Å²) in [5.74, 6) is 0.746. The van der Waals surface area contributed by atoms with Gasteiger partial charge >= 0.3 is 0 Å². The van der Waals surface area contributed by atoms with Crippen molar-refractivity contribution in [1.29, 1.82) is 0 Å². The summed E-state index contributed by atoms with van der Waals surface area (Å²) in [7, 11) is 0. The quantitative estimate of drug-likeness (QED) is 0.590. The van der Waals surface area contributed by atoms with Crippen LogP contribution in [0.2, 0.25) is 0 Å². The van der Waals surface area contributed by atoms with Crippen LogP contribution in [0.25, 0.3) is 11.5 Å². The van der Waals surface area contributed by atoms with Gasteiger partial charge in [-0.15, -0.1) is 0 Å². The van der Waals surface area contributed by atoms with Gasteiger partial charge in [-0.25, -0.2) is 0 Å². The topological polar surface area (TPSA) is 79.5 Å². The van der Waals surface area contributed by atoms with Crippen LogP contribution < -0.4 is 4.90 Å². The van der Waals surface area contributed by atoms with E-state index in [1.54, 1.807) is 18.5 Å². The number of pyridine rings is 2. The molecule has 3 aromatic heterocycles. The number of carbonyl (C=O) groups excluding carboxylic acids is 2. The molecule has 0 bridgehead atoms. The predicted octanol–water partition coefficient (Wildman–Crippen LogP) is 3.39. The first-order chi connectivity index (χ1) is 15.1. The Morgan fingerprint density at radius 2 is 1.94 bits per heavy atom. The van der Waals surface area contributed by atoms with Crippen molar-refractivity contribution in [1.82, 2.24) is 14.9 Å².